The van der Waals surface area contributed by atoms with Crippen LogP contribution in [-0.4, -0.2) is 5.91 Å². The molecule has 0 saturated carbocycles. The van der Waals surface area contributed by atoms with Crippen molar-refractivity contribution in [2.45, 2.75) is 13.5 Å². The van der Waals surface area contributed by atoms with Crippen molar-refractivity contribution in [3.63, 3.8) is 0 Å². The number of aryl methyl sites for hydroxylation is 1. The molecule has 120 valence electrons. The lowest BCUT2D eigenvalue weighted by Gasteiger charge is -2.08. The van der Waals surface area contributed by atoms with E-state index in [9.17, 15) is 4.79 Å². The van der Waals surface area contributed by atoms with E-state index in [0.29, 0.717) is 17.9 Å². The van der Waals surface area contributed by atoms with E-state index in [2.05, 4.69) is 5.32 Å². The monoisotopic (exact) mass is 317 g/mol. The normalized spacial score (nSPS) is 10.2. The molecule has 0 aromatic heterocycles. The van der Waals surface area contributed by atoms with Gasteiger partial charge in [0, 0.05) is 12.1 Å². The van der Waals surface area contributed by atoms with Gasteiger partial charge in [0.15, 0.2) is 0 Å². The second kappa shape index (κ2) is 7.47. The molecular weight excluding hydrogens is 298 g/mol. The second-order valence-corrected chi connectivity index (χ2v) is 5.61. The van der Waals surface area contributed by atoms with E-state index in [1.54, 1.807) is 24.3 Å². The maximum Gasteiger partial charge on any atom is 0.251 e. The van der Waals surface area contributed by atoms with Crippen LogP contribution in [0.25, 0.3) is 0 Å². The van der Waals surface area contributed by atoms with Crippen LogP contribution in [0.1, 0.15) is 21.5 Å². The van der Waals surface area contributed by atoms with Gasteiger partial charge in [-0.05, 0) is 48.9 Å². The Labute approximate surface area is 141 Å². The first-order valence-electron chi connectivity index (χ1n) is 7.87. The fourth-order valence-corrected chi connectivity index (χ4v) is 2.29. The molecule has 3 aromatic carbocycles. The zero-order valence-electron chi connectivity index (χ0n) is 13.5. The summed E-state index contributed by atoms with van der Waals surface area (Å²) in [6.07, 6.45) is 0. The first-order chi connectivity index (χ1) is 11.7. The van der Waals surface area contributed by atoms with Crippen LogP contribution in [0.15, 0.2) is 78.9 Å². The highest BCUT2D eigenvalue weighted by molar-refractivity contribution is 5.94. The zero-order chi connectivity index (χ0) is 16.8. The number of amides is 1. The molecule has 3 aromatic rings. The number of hydrogen-bond acceptors (Lipinski definition) is 2. The summed E-state index contributed by atoms with van der Waals surface area (Å²) >= 11 is 0. The molecule has 0 heterocycles. The molecule has 0 atom stereocenters. The molecule has 1 N–H and O–H groups in total. The van der Waals surface area contributed by atoms with Gasteiger partial charge in [-0.15, -0.1) is 0 Å². The van der Waals surface area contributed by atoms with Crippen LogP contribution < -0.4 is 10.1 Å². The van der Waals surface area contributed by atoms with Gasteiger partial charge in [0.25, 0.3) is 5.91 Å². The molecule has 0 aliphatic heterocycles. The number of para-hydroxylation sites is 1. The average Bonchev–Trinajstić information content (AvgIpc) is 2.62. The van der Waals surface area contributed by atoms with E-state index >= 15 is 0 Å². The third-order valence-corrected chi connectivity index (χ3v) is 3.67. The quantitative estimate of drug-likeness (QED) is 0.739. The molecule has 0 radical (unpaired) electrons. The molecule has 0 unspecified atom stereocenters. The van der Waals surface area contributed by atoms with Gasteiger partial charge in [0.1, 0.15) is 11.5 Å². The second-order valence-electron chi connectivity index (χ2n) is 5.61. The van der Waals surface area contributed by atoms with Crippen molar-refractivity contribution in [2.24, 2.45) is 0 Å². The van der Waals surface area contributed by atoms with Crippen molar-refractivity contribution in [1.29, 1.82) is 0 Å². The fourth-order valence-electron chi connectivity index (χ4n) is 2.29. The van der Waals surface area contributed by atoms with E-state index in [1.807, 2.05) is 61.5 Å². The molecule has 3 rings (SSSR count). The van der Waals surface area contributed by atoms with Gasteiger partial charge in [-0.2, -0.15) is 0 Å². The third-order valence-electron chi connectivity index (χ3n) is 3.67. The molecule has 0 bridgehead atoms. The van der Waals surface area contributed by atoms with Crippen LogP contribution in [0.5, 0.6) is 11.5 Å². The Morgan fingerprint density at radius 1 is 0.833 bits per heavy atom. The largest absolute Gasteiger partial charge is 0.457 e. The number of rotatable bonds is 5. The van der Waals surface area contributed by atoms with E-state index in [-0.39, 0.29) is 5.91 Å². The van der Waals surface area contributed by atoms with Crippen LogP contribution in [0.3, 0.4) is 0 Å². The molecule has 24 heavy (non-hydrogen) atoms. The number of ether oxygens (including phenoxy) is 1. The summed E-state index contributed by atoms with van der Waals surface area (Å²) in [5.41, 5.74) is 2.90. The van der Waals surface area contributed by atoms with E-state index in [1.165, 1.54) is 5.56 Å². The summed E-state index contributed by atoms with van der Waals surface area (Å²) in [6, 6.07) is 24.8. The Bertz CT molecular complexity index is 794. The predicted octanol–water partition coefficient (Wildman–Crippen LogP) is 4.72. The Morgan fingerprint density at radius 2 is 1.46 bits per heavy atom. The maximum atomic E-state index is 12.2. The summed E-state index contributed by atoms with van der Waals surface area (Å²) in [6.45, 7) is 2.56. The van der Waals surface area contributed by atoms with Crippen molar-refractivity contribution < 1.29 is 9.53 Å². The van der Waals surface area contributed by atoms with Gasteiger partial charge in [-0.3, -0.25) is 4.79 Å². The average molecular weight is 317 g/mol. The standard InChI is InChI=1S/C21H19NO2/c1-16-7-9-17(10-8-16)15-22-21(23)18-11-13-20(14-12-18)24-19-5-3-2-4-6-19/h2-14H,15H2,1H3,(H,22,23). The number of nitrogens with one attached hydrogen (secondary N) is 1. The van der Waals surface area contributed by atoms with Gasteiger partial charge in [-0.1, -0.05) is 48.0 Å². The van der Waals surface area contributed by atoms with Crippen molar-refractivity contribution in [1.82, 2.24) is 5.32 Å². The van der Waals surface area contributed by atoms with E-state index in [0.717, 1.165) is 11.3 Å². The van der Waals surface area contributed by atoms with Gasteiger partial charge in [0.2, 0.25) is 0 Å². The first kappa shape index (κ1) is 15.8. The van der Waals surface area contributed by atoms with Crippen LogP contribution >= 0.6 is 0 Å². The Kier molecular flexibility index (Phi) is 4.92. The van der Waals surface area contributed by atoms with Gasteiger partial charge in [0.05, 0.1) is 0 Å². The lowest BCUT2D eigenvalue weighted by Crippen LogP contribution is -2.22. The van der Waals surface area contributed by atoms with Crippen LogP contribution in [-0.2, 0) is 6.54 Å². The minimum absolute atomic E-state index is 0.0955. The Hall–Kier alpha value is -3.07. The lowest BCUT2D eigenvalue weighted by atomic mass is 10.1. The van der Waals surface area contributed by atoms with Crippen molar-refractivity contribution >= 4 is 5.91 Å². The first-order valence-corrected chi connectivity index (χ1v) is 7.87. The highest BCUT2D eigenvalue weighted by Gasteiger charge is 2.06. The summed E-state index contributed by atoms with van der Waals surface area (Å²) in [7, 11) is 0. The highest BCUT2D eigenvalue weighted by atomic mass is 16.5. The number of hydrogen-bond donors (Lipinski definition) is 1. The summed E-state index contributed by atoms with van der Waals surface area (Å²) in [5.74, 6) is 1.38. The minimum Gasteiger partial charge on any atom is -0.457 e. The molecule has 3 nitrogen and oxygen atoms in total. The van der Waals surface area contributed by atoms with E-state index in [4.69, 9.17) is 4.74 Å². The topological polar surface area (TPSA) is 38.3 Å². The van der Waals surface area contributed by atoms with Gasteiger partial charge < -0.3 is 10.1 Å². The minimum atomic E-state index is -0.0955. The third kappa shape index (κ3) is 4.23. The maximum absolute atomic E-state index is 12.2. The molecular formula is C21H19NO2. The number of benzene rings is 3. The summed E-state index contributed by atoms with van der Waals surface area (Å²) in [5, 5.41) is 2.92. The van der Waals surface area contributed by atoms with Crippen LogP contribution in [0.4, 0.5) is 0 Å². The van der Waals surface area contributed by atoms with Gasteiger partial charge in [-0.25, -0.2) is 0 Å². The molecule has 0 aliphatic carbocycles. The summed E-state index contributed by atoms with van der Waals surface area (Å²) < 4.78 is 5.72. The molecule has 0 saturated heterocycles. The SMILES string of the molecule is Cc1ccc(CNC(=O)c2ccc(Oc3ccccc3)cc2)cc1. The highest BCUT2D eigenvalue weighted by Crippen LogP contribution is 2.21. The van der Waals surface area contributed by atoms with Crippen molar-refractivity contribution in [3.8, 4) is 11.5 Å². The molecule has 0 fully saturated rings. The molecule has 3 heteroatoms. The smallest absolute Gasteiger partial charge is 0.251 e. The number of carbonyl (C=O) groups is 1. The van der Waals surface area contributed by atoms with Crippen molar-refractivity contribution in [3.05, 3.63) is 95.6 Å². The van der Waals surface area contributed by atoms with E-state index < -0.39 is 0 Å². The van der Waals surface area contributed by atoms with Crippen LogP contribution in [0, 0.1) is 6.92 Å². The Balaban J connectivity index is 1.58. The zero-order valence-corrected chi connectivity index (χ0v) is 13.5. The fraction of sp³-hybridized carbons (Fsp3) is 0.0952. The summed E-state index contributed by atoms with van der Waals surface area (Å²) in [4.78, 5) is 12.2. The number of carbonyl (C=O) groups excluding carboxylic acids is 1. The lowest BCUT2D eigenvalue weighted by molar-refractivity contribution is 0.0951. The van der Waals surface area contributed by atoms with Crippen molar-refractivity contribution in [2.75, 3.05) is 0 Å². The molecule has 1 amide bonds. The Morgan fingerprint density at radius 3 is 2.12 bits per heavy atom. The molecule has 0 spiro atoms. The molecule has 0 aliphatic rings. The predicted molar refractivity (Wildman–Crippen MR) is 95.3 cm³/mol. The van der Waals surface area contributed by atoms with Gasteiger partial charge >= 0.3 is 0 Å². The van der Waals surface area contributed by atoms with Crippen LogP contribution in [0.2, 0.25) is 0 Å².